The van der Waals surface area contributed by atoms with Crippen molar-refractivity contribution in [3.63, 3.8) is 0 Å². The van der Waals surface area contributed by atoms with Crippen molar-refractivity contribution in [2.24, 2.45) is 5.73 Å². The van der Waals surface area contributed by atoms with Crippen LogP contribution < -0.4 is 5.73 Å². The number of piperidine rings is 1. The number of amides is 1. The summed E-state index contributed by atoms with van der Waals surface area (Å²) in [5.74, 6) is -0.724. The molecular formula is C15H26N2O3. The molecule has 1 fully saturated rings. The lowest BCUT2D eigenvalue weighted by Crippen LogP contribution is -2.40. The molecule has 0 aromatic rings. The minimum absolute atomic E-state index is 0.112. The maximum absolute atomic E-state index is 11.2. The fourth-order valence-corrected chi connectivity index (χ4v) is 1.61. The molecule has 1 heterocycles. The molecular weight excluding hydrogens is 256 g/mol. The summed E-state index contributed by atoms with van der Waals surface area (Å²) < 4.78 is 5.24. The zero-order chi connectivity index (χ0) is 15.7. The first-order chi connectivity index (χ1) is 9.25. The van der Waals surface area contributed by atoms with E-state index < -0.39 is 5.91 Å². The lowest BCUT2D eigenvalue weighted by Gasteiger charge is -2.31. The van der Waals surface area contributed by atoms with E-state index in [-0.39, 0.29) is 12.2 Å². The first-order valence-electron chi connectivity index (χ1n) is 6.81. The Bertz CT molecular complexity index is 359. The normalized spacial score (nSPS) is 16.4. The number of ether oxygens (including phenoxy) is 1. The van der Waals surface area contributed by atoms with Crippen molar-refractivity contribution in [2.45, 2.75) is 46.3 Å². The molecule has 1 atom stereocenters. The fourth-order valence-electron chi connectivity index (χ4n) is 1.61. The van der Waals surface area contributed by atoms with E-state index in [1.54, 1.807) is 13.8 Å². The number of rotatable bonds is 4. The Morgan fingerprint density at radius 3 is 1.90 bits per heavy atom. The Kier molecular flexibility index (Phi) is 8.56. The zero-order valence-corrected chi connectivity index (χ0v) is 12.8. The molecule has 5 nitrogen and oxygen atoms in total. The van der Waals surface area contributed by atoms with Crippen LogP contribution in [0.15, 0.2) is 24.3 Å². The van der Waals surface area contributed by atoms with Gasteiger partial charge in [0.25, 0.3) is 0 Å². The van der Waals surface area contributed by atoms with Gasteiger partial charge in [0.1, 0.15) is 0 Å². The van der Waals surface area contributed by atoms with Crippen LogP contribution in [0.1, 0.15) is 40.0 Å². The van der Waals surface area contributed by atoms with E-state index in [1.807, 2.05) is 6.92 Å². The molecule has 0 radical (unpaired) electrons. The third kappa shape index (κ3) is 7.74. The third-order valence-electron chi connectivity index (χ3n) is 2.95. The molecule has 2 N–H and O–H groups in total. The van der Waals surface area contributed by atoms with Crippen LogP contribution in [0, 0.1) is 0 Å². The Morgan fingerprint density at radius 2 is 1.55 bits per heavy atom. The maximum atomic E-state index is 11.2. The van der Waals surface area contributed by atoms with Crippen LogP contribution in [0.5, 0.6) is 0 Å². The van der Waals surface area contributed by atoms with Gasteiger partial charge in [0.15, 0.2) is 6.23 Å². The van der Waals surface area contributed by atoms with Gasteiger partial charge in [-0.1, -0.05) is 19.6 Å². The predicted molar refractivity (Wildman–Crippen MR) is 79.8 cm³/mol. The molecule has 114 valence electrons. The van der Waals surface area contributed by atoms with Gasteiger partial charge >= 0.3 is 5.97 Å². The highest BCUT2D eigenvalue weighted by Crippen LogP contribution is 2.13. The minimum atomic E-state index is -0.435. The van der Waals surface area contributed by atoms with Crippen LogP contribution in [-0.2, 0) is 14.3 Å². The molecule has 0 aromatic carbocycles. The summed E-state index contributed by atoms with van der Waals surface area (Å²) in [4.78, 5) is 23.3. The molecule has 1 saturated heterocycles. The molecule has 0 bridgehead atoms. The maximum Gasteiger partial charge on any atom is 0.334 e. The summed E-state index contributed by atoms with van der Waals surface area (Å²) in [5.41, 5.74) is 5.56. The van der Waals surface area contributed by atoms with Gasteiger partial charge in [-0.2, -0.15) is 0 Å². The quantitative estimate of drug-likeness (QED) is 0.632. The van der Waals surface area contributed by atoms with E-state index >= 15 is 0 Å². The van der Waals surface area contributed by atoms with Crippen LogP contribution in [-0.4, -0.2) is 36.1 Å². The average molecular weight is 282 g/mol. The van der Waals surface area contributed by atoms with E-state index in [9.17, 15) is 9.59 Å². The van der Waals surface area contributed by atoms with Crippen LogP contribution in [0.4, 0.5) is 0 Å². The van der Waals surface area contributed by atoms with Crippen LogP contribution >= 0.6 is 0 Å². The predicted octanol–water partition coefficient (Wildman–Crippen LogP) is 1.99. The van der Waals surface area contributed by atoms with E-state index in [1.165, 1.54) is 19.3 Å². The second-order valence-corrected chi connectivity index (χ2v) is 5.03. The Hall–Kier alpha value is -1.62. The van der Waals surface area contributed by atoms with E-state index in [2.05, 4.69) is 18.1 Å². The second-order valence-electron chi connectivity index (χ2n) is 5.03. The van der Waals surface area contributed by atoms with Crippen molar-refractivity contribution in [3.05, 3.63) is 24.3 Å². The summed E-state index contributed by atoms with van der Waals surface area (Å²) in [7, 11) is 0. The van der Waals surface area contributed by atoms with Crippen LogP contribution in [0.2, 0.25) is 0 Å². The van der Waals surface area contributed by atoms with Gasteiger partial charge in [-0.15, -0.1) is 0 Å². The Morgan fingerprint density at radius 1 is 1.10 bits per heavy atom. The number of carbonyl (C=O) groups excluding carboxylic acids is 2. The van der Waals surface area contributed by atoms with E-state index in [4.69, 9.17) is 10.5 Å². The number of primary amides is 1. The molecule has 1 unspecified atom stereocenters. The first kappa shape index (κ1) is 18.4. The lowest BCUT2D eigenvalue weighted by atomic mass is 10.1. The highest BCUT2D eigenvalue weighted by atomic mass is 16.6. The molecule has 1 aliphatic heterocycles. The van der Waals surface area contributed by atoms with Crippen molar-refractivity contribution in [3.8, 4) is 0 Å². The van der Waals surface area contributed by atoms with Crippen molar-refractivity contribution < 1.29 is 14.3 Å². The van der Waals surface area contributed by atoms with Gasteiger partial charge in [-0.3, -0.25) is 9.69 Å². The largest absolute Gasteiger partial charge is 0.443 e. The number of likely N-dealkylation sites (tertiary alicyclic amines) is 1. The van der Waals surface area contributed by atoms with E-state index in [0.717, 1.165) is 13.1 Å². The van der Waals surface area contributed by atoms with Gasteiger partial charge in [-0.25, -0.2) is 4.79 Å². The number of nitrogens with two attached hydrogens (primary N) is 1. The number of hydrogen-bond donors (Lipinski definition) is 1. The van der Waals surface area contributed by atoms with Crippen molar-refractivity contribution in [1.29, 1.82) is 0 Å². The molecule has 20 heavy (non-hydrogen) atoms. The topological polar surface area (TPSA) is 72.6 Å². The van der Waals surface area contributed by atoms with E-state index in [0.29, 0.717) is 11.1 Å². The van der Waals surface area contributed by atoms with Gasteiger partial charge in [0, 0.05) is 24.2 Å². The van der Waals surface area contributed by atoms with Crippen molar-refractivity contribution in [2.75, 3.05) is 13.1 Å². The number of carbonyl (C=O) groups is 2. The summed E-state index contributed by atoms with van der Waals surface area (Å²) in [5, 5.41) is 0. The fraction of sp³-hybridized carbons (Fsp3) is 0.600. The summed E-state index contributed by atoms with van der Waals surface area (Å²) in [6, 6.07) is 0. The Labute approximate surface area is 121 Å². The van der Waals surface area contributed by atoms with Gasteiger partial charge in [-0.05, 0) is 33.6 Å². The van der Waals surface area contributed by atoms with Crippen molar-refractivity contribution >= 4 is 11.9 Å². The third-order valence-corrected chi connectivity index (χ3v) is 2.95. The first-order valence-corrected chi connectivity index (χ1v) is 6.81. The lowest BCUT2D eigenvalue weighted by molar-refractivity contribution is -0.153. The minimum Gasteiger partial charge on any atom is -0.443 e. The SMILES string of the molecule is C=C(C)C(=O)OC(C)N1CCCCC1.C=C(C)C(N)=O. The van der Waals surface area contributed by atoms with Gasteiger partial charge < -0.3 is 10.5 Å². The molecule has 0 spiro atoms. The second kappa shape index (κ2) is 9.31. The van der Waals surface area contributed by atoms with Gasteiger partial charge in [0.2, 0.25) is 5.91 Å². The van der Waals surface area contributed by atoms with Crippen LogP contribution in [0.3, 0.4) is 0 Å². The van der Waals surface area contributed by atoms with Crippen molar-refractivity contribution in [1.82, 2.24) is 4.90 Å². The Balaban J connectivity index is 0.000000511. The molecule has 1 aliphatic rings. The summed E-state index contributed by atoms with van der Waals surface area (Å²) in [6.45, 7) is 14.1. The van der Waals surface area contributed by atoms with Crippen LogP contribution in [0.25, 0.3) is 0 Å². The highest BCUT2D eigenvalue weighted by molar-refractivity contribution is 5.90. The number of hydrogen-bond acceptors (Lipinski definition) is 4. The molecule has 0 aliphatic carbocycles. The van der Waals surface area contributed by atoms with Gasteiger partial charge in [0.05, 0.1) is 0 Å². The standard InChI is InChI=1S/C11H19NO2.C4H7NO/c1-9(2)11(13)14-10(3)12-7-5-4-6-8-12;1-3(2)4(5)6/h10H,1,4-8H2,2-3H3;1H2,2H3,(H2,5,6). The summed E-state index contributed by atoms with van der Waals surface area (Å²) >= 11 is 0. The average Bonchev–Trinajstić information content (AvgIpc) is 2.40. The summed E-state index contributed by atoms with van der Waals surface area (Å²) in [6.07, 6.45) is 3.58. The monoisotopic (exact) mass is 282 g/mol. The molecule has 0 saturated carbocycles. The molecule has 1 amide bonds. The molecule has 5 heteroatoms. The number of nitrogens with zero attached hydrogens (tertiary/aromatic N) is 1. The number of esters is 1. The molecule has 1 rings (SSSR count). The smallest absolute Gasteiger partial charge is 0.334 e. The zero-order valence-electron chi connectivity index (χ0n) is 12.8. The molecule has 0 aromatic heterocycles. The highest BCUT2D eigenvalue weighted by Gasteiger charge is 2.19.